The monoisotopic (exact) mass is 236 g/mol. The molecule has 1 spiro atoms. The van der Waals surface area contributed by atoms with Crippen molar-refractivity contribution in [1.29, 1.82) is 0 Å². The number of carbonyl (C=O) groups excluding carboxylic acids is 1. The number of amides is 1. The summed E-state index contributed by atoms with van der Waals surface area (Å²) in [5.74, 6) is 0.348. The Balaban J connectivity index is 1.76. The minimum atomic E-state index is 0.0249. The zero-order valence-electron chi connectivity index (χ0n) is 10.9. The Hall–Kier alpha value is -0.570. The highest BCUT2D eigenvalue weighted by molar-refractivity contribution is 5.82. The molecular formula is C14H24N2O. The molecule has 2 aliphatic carbocycles. The van der Waals surface area contributed by atoms with E-state index in [4.69, 9.17) is 0 Å². The van der Waals surface area contributed by atoms with Crippen LogP contribution in [-0.2, 0) is 4.79 Å². The summed E-state index contributed by atoms with van der Waals surface area (Å²) < 4.78 is 0. The summed E-state index contributed by atoms with van der Waals surface area (Å²) in [4.78, 5) is 14.7. The summed E-state index contributed by atoms with van der Waals surface area (Å²) in [6, 6.07) is 0.563. The maximum atomic E-state index is 12.4. The Morgan fingerprint density at radius 1 is 1.24 bits per heavy atom. The first kappa shape index (κ1) is 11.5. The van der Waals surface area contributed by atoms with Crippen LogP contribution in [0.2, 0.25) is 0 Å². The predicted octanol–water partition coefficient (Wildman–Crippen LogP) is 1.92. The van der Waals surface area contributed by atoms with Gasteiger partial charge in [0.25, 0.3) is 0 Å². The molecule has 1 heterocycles. The molecule has 2 saturated carbocycles. The van der Waals surface area contributed by atoms with Crippen molar-refractivity contribution < 1.29 is 4.79 Å². The summed E-state index contributed by atoms with van der Waals surface area (Å²) in [6.07, 6.45) is 9.06. The van der Waals surface area contributed by atoms with Gasteiger partial charge < -0.3 is 10.2 Å². The number of rotatable bonds is 1. The van der Waals surface area contributed by atoms with Gasteiger partial charge >= 0.3 is 0 Å². The second-order valence-corrected chi connectivity index (χ2v) is 6.36. The minimum absolute atomic E-state index is 0.0249. The van der Waals surface area contributed by atoms with Gasteiger partial charge in [0.1, 0.15) is 0 Å². The van der Waals surface area contributed by atoms with Gasteiger partial charge in [-0.3, -0.25) is 4.79 Å². The van der Waals surface area contributed by atoms with Crippen molar-refractivity contribution in [3.05, 3.63) is 0 Å². The number of nitrogens with one attached hydrogen (secondary N) is 1. The standard InChI is InChI=1S/C14H24N2O/c1-11-13(17)16(12-5-3-2-4-6-12)10-14(7-8-14)9-15-11/h11-12,15H,2-10H2,1H3. The third-order valence-electron chi connectivity index (χ3n) is 4.92. The van der Waals surface area contributed by atoms with Crippen LogP contribution >= 0.6 is 0 Å². The molecule has 1 atom stereocenters. The maximum absolute atomic E-state index is 12.4. The summed E-state index contributed by atoms with van der Waals surface area (Å²) in [5.41, 5.74) is 0.442. The zero-order valence-corrected chi connectivity index (χ0v) is 10.9. The normalized spacial score (nSPS) is 33.8. The molecule has 0 aromatic heterocycles. The van der Waals surface area contributed by atoms with Gasteiger partial charge in [-0.15, -0.1) is 0 Å². The van der Waals surface area contributed by atoms with Crippen molar-refractivity contribution >= 4 is 5.91 Å². The van der Waals surface area contributed by atoms with Crippen LogP contribution in [0.5, 0.6) is 0 Å². The van der Waals surface area contributed by atoms with Crippen LogP contribution in [-0.4, -0.2) is 36.0 Å². The minimum Gasteiger partial charge on any atom is -0.338 e. The first-order chi connectivity index (χ1) is 8.20. The third-order valence-corrected chi connectivity index (χ3v) is 4.92. The molecule has 0 radical (unpaired) electrons. The van der Waals surface area contributed by atoms with Crippen molar-refractivity contribution in [3.8, 4) is 0 Å². The Morgan fingerprint density at radius 2 is 1.94 bits per heavy atom. The van der Waals surface area contributed by atoms with Crippen molar-refractivity contribution in [2.24, 2.45) is 5.41 Å². The zero-order chi connectivity index (χ0) is 11.9. The fourth-order valence-corrected chi connectivity index (χ4v) is 3.41. The van der Waals surface area contributed by atoms with Crippen LogP contribution < -0.4 is 5.32 Å². The first-order valence-electron chi connectivity index (χ1n) is 7.24. The van der Waals surface area contributed by atoms with Crippen molar-refractivity contribution in [2.45, 2.75) is 64.0 Å². The van der Waals surface area contributed by atoms with Crippen molar-refractivity contribution in [2.75, 3.05) is 13.1 Å². The quantitative estimate of drug-likeness (QED) is 0.754. The van der Waals surface area contributed by atoms with E-state index in [9.17, 15) is 4.79 Å². The summed E-state index contributed by atoms with van der Waals surface area (Å²) in [5, 5.41) is 3.42. The highest BCUT2D eigenvalue weighted by atomic mass is 16.2. The predicted molar refractivity (Wildman–Crippen MR) is 67.7 cm³/mol. The molecule has 1 unspecified atom stereocenters. The lowest BCUT2D eigenvalue weighted by Crippen LogP contribution is -2.47. The van der Waals surface area contributed by atoms with Crippen LogP contribution in [0.25, 0.3) is 0 Å². The van der Waals surface area contributed by atoms with Crippen LogP contribution in [0.15, 0.2) is 0 Å². The van der Waals surface area contributed by atoms with Gasteiger partial charge in [-0.25, -0.2) is 0 Å². The first-order valence-corrected chi connectivity index (χ1v) is 7.24. The Kier molecular flexibility index (Phi) is 2.89. The summed E-state index contributed by atoms with van der Waals surface area (Å²) in [6.45, 7) is 4.09. The fraction of sp³-hybridized carbons (Fsp3) is 0.929. The van der Waals surface area contributed by atoms with Gasteiger partial charge in [0.2, 0.25) is 5.91 Å². The number of hydrogen-bond acceptors (Lipinski definition) is 2. The van der Waals surface area contributed by atoms with Gasteiger partial charge in [0, 0.05) is 24.5 Å². The molecule has 1 saturated heterocycles. The lowest BCUT2D eigenvalue weighted by molar-refractivity contribution is -0.135. The van der Waals surface area contributed by atoms with Gasteiger partial charge in [0.15, 0.2) is 0 Å². The van der Waals surface area contributed by atoms with Crippen LogP contribution in [0, 0.1) is 5.41 Å². The Bertz CT molecular complexity index is 305. The lowest BCUT2D eigenvalue weighted by Gasteiger charge is -2.36. The van der Waals surface area contributed by atoms with Crippen LogP contribution in [0.1, 0.15) is 51.9 Å². The highest BCUT2D eigenvalue weighted by Gasteiger charge is 2.48. The number of hydrogen-bond donors (Lipinski definition) is 1. The molecule has 3 heteroatoms. The molecule has 1 amide bonds. The average molecular weight is 236 g/mol. The summed E-state index contributed by atoms with van der Waals surface area (Å²) >= 11 is 0. The summed E-state index contributed by atoms with van der Waals surface area (Å²) in [7, 11) is 0. The molecule has 1 N–H and O–H groups in total. The van der Waals surface area contributed by atoms with Gasteiger partial charge in [0.05, 0.1) is 6.04 Å². The molecule has 3 aliphatic rings. The number of carbonyl (C=O) groups is 1. The molecule has 0 bridgehead atoms. The van der Waals surface area contributed by atoms with E-state index in [-0.39, 0.29) is 6.04 Å². The lowest BCUT2D eigenvalue weighted by atomic mass is 9.93. The number of nitrogens with zero attached hydrogens (tertiary/aromatic N) is 1. The molecular weight excluding hydrogens is 212 g/mol. The molecule has 0 aromatic rings. The largest absolute Gasteiger partial charge is 0.338 e. The third kappa shape index (κ3) is 2.22. The van der Waals surface area contributed by atoms with Crippen molar-refractivity contribution in [3.63, 3.8) is 0 Å². The van der Waals surface area contributed by atoms with E-state index < -0.39 is 0 Å². The molecule has 3 rings (SSSR count). The van der Waals surface area contributed by atoms with Crippen molar-refractivity contribution in [1.82, 2.24) is 10.2 Å². The topological polar surface area (TPSA) is 32.3 Å². The van der Waals surface area contributed by atoms with Gasteiger partial charge in [-0.1, -0.05) is 19.3 Å². The fourth-order valence-electron chi connectivity index (χ4n) is 3.41. The molecule has 17 heavy (non-hydrogen) atoms. The van der Waals surface area contributed by atoms with E-state index in [1.807, 2.05) is 6.92 Å². The van der Waals surface area contributed by atoms with E-state index >= 15 is 0 Å². The Labute approximate surface area is 104 Å². The molecule has 0 aromatic carbocycles. The molecule has 1 aliphatic heterocycles. The smallest absolute Gasteiger partial charge is 0.239 e. The van der Waals surface area contributed by atoms with E-state index in [2.05, 4.69) is 10.2 Å². The SMILES string of the molecule is CC1NCC2(CC2)CN(C2CCCCC2)C1=O. The van der Waals surface area contributed by atoms with E-state index in [1.165, 1.54) is 44.9 Å². The van der Waals surface area contributed by atoms with Crippen LogP contribution in [0.4, 0.5) is 0 Å². The average Bonchev–Trinajstić information content (AvgIpc) is 3.14. The van der Waals surface area contributed by atoms with Crippen LogP contribution in [0.3, 0.4) is 0 Å². The van der Waals surface area contributed by atoms with Gasteiger partial charge in [-0.05, 0) is 32.6 Å². The highest BCUT2D eigenvalue weighted by Crippen LogP contribution is 2.47. The van der Waals surface area contributed by atoms with E-state index in [1.54, 1.807) is 0 Å². The van der Waals surface area contributed by atoms with E-state index in [0.717, 1.165) is 13.1 Å². The molecule has 96 valence electrons. The molecule has 3 nitrogen and oxygen atoms in total. The van der Waals surface area contributed by atoms with E-state index in [0.29, 0.717) is 17.4 Å². The Morgan fingerprint density at radius 3 is 2.59 bits per heavy atom. The van der Waals surface area contributed by atoms with Gasteiger partial charge in [-0.2, -0.15) is 0 Å². The second kappa shape index (κ2) is 4.27. The second-order valence-electron chi connectivity index (χ2n) is 6.36. The molecule has 3 fully saturated rings. The maximum Gasteiger partial charge on any atom is 0.239 e.